The Morgan fingerprint density at radius 1 is 0.833 bits per heavy atom. The lowest BCUT2D eigenvalue weighted by atomic mass is 10.0. The van der Waals surface area contributed by atoms with Gasteiger partial charge in [0.05, 0.1) is 22.0 Å². The van der Waals surface area contributed by atoms with Gasteiger partial charge in [-0.1, -0.05) is 96.0 Å². The number of aliphatic carboxylic acids is 1. The van der Waals surface area contributed by atoms with Crippen LogP contribution in [0.4, 0.5) is 0 Å². The highest BCUT2D eigenvalue weighted by molar-refractivity contribution is 7.92. The third-order valence-electron chi connectivity index (χ3n) is 6.66. The summed E-state index contributed by atoms with van der Waals surface area (Å²) in [5.74, 6) is -2.32. The number of carbonyl (C=O) groups is 2. The highest BCUT2D eigenvalue weighted by Gasteiger charge is 2.46. The molecule has 0 saturated carbocycles. The van der Waals surface area contributed by atoms with E-state index in [1.54, 1.807) is 12.1 Å². The largest absolute Gasteiger partial charge is 0.614 e. The summed E-state index contributed by atoms with van der Waals surface area (Å²) in [6.45, 7) is 1.16. The number of carbonyl (C=O) groups excluding carboxylic acids is 1. The molecule has 1 unspecified atom stereocenters. The van der Waals surface area contributed by atoms with Crippen molar-refractivity contribution in [3.8, 4) is 39.3 Å². The number of nitrogens with one attached hydrogen (secondary N) is 1. The molecule has 11 heteroatoms. The van der Waals surface area contributed by atoms with Gasteiger partial charge in [-0.25, -0.2) is 14.5 Å². The van der Waals surface area contributed by atoms with Gasteiger partial charge >= 0.3 is 5.97 Å². The van der Waals surface area contributed by atoms with Crippen LogP contribution >= 0.6 is 23.2 Å². The summed E-state index contributed by atoms with van der Waals surface area (Å²) in [6.07, 6.45) is 1.19. The SMILES string of the molecule is C[S@@+]([O-])C(C)(NC(=O)c1nc(-c2ccc(-c3ccccc3)cc2)nn1-c1ccc(Cl)c(Cl)c1)C(=O)O.c1cc2cc-2c1. The van der Waals surface area contributed by atoms with Crippen LogP contribution in [-0.2, 0) is 16.0 Å². The number of amides is 1. The van der Waals surface area contributed by atoms with Crippen molar-refractivity contribution in [1.29, 1.82) is 0 Å². The Balaban J connectivity index is 0.000000513. The Labute approximate surface area is 255 Å². The second-order valence-electron chi connectivity index (χ2n) is 9.54. The van der Waals surface area contributed by atoms with Gasteiger partial charge in [0.2, 0.25) is 5.82 Å². The summed E-state index contributed by atoms with van der Waals surface area (Å²) >= 11 is 10.3. The number of nitrogens with zero attached hydrogens (tertiary/aromatic N) is 3. The Bertz CT molecular complexity index is 1760. The maximum atomic E-state index is 13.2. The van der Waals surface area contributed by atoms with Gasteiger partial charge < -0.3 is 9.66 Å². The van der Waals surface area contributed by atoms with Crippen molar-refractivity contribution in [3.63, 3.8) is 0 Å². The van der Waals surface area contributed by atoms with Gasteiger partial charge in [0, 0.05) is 12.5 Å². The van der Waals surface area contributed by atoms with E-state index in [4.69, 9.17) is 23.2 Å². The molecule has 42 heavy (non-hydrogen) atoms. The number of benzene rings is 4. The van der Waals surface area contributed by atoms with Crippen LogP contribution in [0.5, 0.6) is 0 Å². The molecule has 4 aromatic rings. The number of carboxylic acids is 1. The highest BCUT2D eigenvalue weighted by Crippen LogP contribution is 2.32. The Kier molecular flexibility index (Phi) is 8.38. The van der Waals surface area contributed by atoms with Crippen LogP contribution in [0.25, 0.3) is 39.3 Å². The van der Waals surface area contributed by atoms with Crippen LogP contribution in [-0.4, -0.2) is 47.4 Å². The molecule has 0 spiro atoms. The summed E-state index contributed by atoms with van der Waals surface area (Å²) in [5.41, 5.74) is 5.89. The molecule has 3 aromatic carbocycles. The van der Waals surface area contributed by atoms with Crippen LogP contribution in [0.15, 0.2) is 97.1 Å². The van der Waals surface area contributed by atoms with Gasteiger partial charge in [-0.15, -0.1) is 5.10 Å². The molecule has 0 aliphatic heterocycles. The second-order valence-corrected chi connectivity index (χ2v) is 12.1. The molecule has 8 nitrogen and oxygen atoms in total. The van der Waals surface area contributed by atoms with Crippen molar-refractivity contribution in [3.05, 3.63) is 113 Å². The Morgan fingerprint density at radius 3 is 1.95 bits per heavy atom. The van der Waals surface area contributed by atoms with Crippen LogP contribution in [0.2, 0.25) is 10.0 Å². The first kappa shape index (κ1) is 29.3. The lowest BCUT2D eigenvalue weighted by molar-refractivity contribution is -0.140. The number of aromatic nitrogens is 3. The van der Waals surface area contributed by atoms with Crippen LogP contribution in [0, 0.1) is 0 Å². The lowest BCUT2D eigenvalue weighted by Crippen LogP contribution is -2.57. The number of fused-ring (bicyclic) bond motifs is 1. The van der Waals surface area contributed by atoms with Crippen molar-refractivity contribution >= 4 is 46.3 Å². The van der Waals surface area contributed by atoms with Crippen LogP contribution in [0.3, 0.4) is 0 Å². The third-order valence-corrected chi connectivity index (χ3v) is 8.82. The Morgan fingerprint density at radius 2 is 1.43 bits per heavy atom. The summed E-state index contributed by atoms with van der Waals surface area (Å²) in [4.78, 5) is 27.3. The van der Waals surface area contributed by atoms with Crippen molar-refractivity contribution in [2.45, 2.75) is 11.8 Å². The fourth-order valence-corrected chi connectivity index (χ4v) is 4.79. The molecule has 1 heterocycles. The maximum absolute atomic E-state index is 13.2. The van der Waals surface area contributed by atoms with E-state index in [-0.39, 0.29) is 16.7 Å². The molecule has 2 atom stereocenters. The molecule has 2 aliphatic carbocycles. The molecule has 0 radical (unpaired) electrons. The molecule has 0 fully saturated rings. The number of halogens is 2. The zero-order chi connectivity index (χ0) is 30.0. The number of rotatable bonds is 7. The quantitative estimate of drug-likeness (QED) is 0.197. The Hall–Kier alpha value is -4.15. The third kappa shape index (κ3) is 6.19. The van der Waals surface area contributed by atoms with E-state index < -0.39 is 27.9 Å². The van der Waals surface area contributed by atoms with Crippen molar-refractivity contribution in [2.24, 2.45) is 0 Å². The molecule has 1 aromatic heterocycles. The van der Waals surface area contributed by atoms with Crippen molar-refractivity contribution < 1.29 is 19.2 Å². The number of hydrogen-bond acceptors (Lipinski definition) is 5. The molecule has 0 saturated heterocycles. The molecule has 2 N–H and O–H groups in total. The van der Waals surface area contributed by atoms with E-state index >= 15 is 0 Å². The second kappa shape index (κ2) is 12.0. The molecule has 2 aliphatic rings. The topological polar surface area (TPSA) is 120 Å². The van der Waals surface area contributed by atoms with E-state index in [1.807, 2.05) is 54.6 Å². The maximum Gasteiger partial charge on any atom is 0.382 e. The fourth-order valence-electron chi connectivity index (χ4n) is 4.02. The van der Waals surface area contributed by atoms with E-state index in [2.05, 4.69) is 39.7 Å². The molecule has 1 amide bonds. The summed E-state index contributed by atoms with van der Waals surface area (Å²) in [7, 11) is 0. The van der Waals surface area contributed by atoms with Gasteiger partial charge in [-0.2, -0.15) is 0 Å². The van der Waals surface area contributed by atoms with Gasteiger partial charge in [0.15, 0.2) is 5.82 Å². The minimum absolute atomic E-state index is 0.214. The summed E-state index contributed by atoms with van der Waals surface area (Å²) in [6, 6.07) is 30.4. The zero-order valence-electron chi connectivity index (χ0n) is 22.4. The number of carboxylic acid groups (broad SMARTS) is 1. The average molecular weight is 620 g/mol. The van der Waals surface area contributed by atoms with Gasteiger partial charge in [-0.3, -0.25) is 10.1 Å². The van der Waals surface area contributed by atoms with Gasteiger partial charge in [-0.05, 0) is 57.7 Å². The van der Waals surface area contributed by atoms with E-state index in [0.29, 0.717) is 16.3 Å². The van der Waals surface area contributed by atoms with Gasteiger partial charge in [0.25, 0.3) is 10.8 Å². The average Bonchev–Trinajstić information content (AvgIpc) is 3.35. The lowest BCUT2D eigenvalue weighted by Gasteiger charge is -2.26. The van der Waals surface area contributed by atoms with E-state index in [1.165, 1.54) is 28.1 Å². The zero-order valence-corrected chi connectivity index (χ0v) is 24.7. The highest BCUT2D eigenvalue weighted by atomic mass is 35.5. The van der Waals surface area contributed by atoms with Crippen LogP contribution < -0.4 is 5.32 Å². The first-order chi connectivity index (χ1) is 20.1. The first-order valence-electron chi connectivity index (χ1n) is 12.6. The minimum Gasteiger partial charge on any atom is -0.614 e. The number of hydrogen-bond donors (Lipinski definition) is 2. The van der Waals surface area contributed by atoms with Gasteiger partial charge in [0.1, 0.15) is 0 Å². The summed E-state index contributed by atoms with van der Waals surface area (Å²) < 4.78 is 13.4. The van der Waals surface area contributed by atoms with Crippen molar-refractivity contribution in [1.82, 2.24) is 20.1 Å². The predicted molar refractivity (Wildman–Crippen MR) is 165 cm³/mol. The van der Waals surface area contributed by atoms with E-state index in [9.17, 15) is 19.2 Å². The molecule has 6 rings (SSSR count). The molecular weight excluding hydrogens is 595 g/mol. The van der Waals surface area contributed by atoms with E-state index in [0.717, 1.165) is 18.1 Å². The summed E-state index contributed by atoms with van der Waals surface area (Å²) in [5, 5.41) is 16.9. The molecule has 0 bridgehead atoms. The smallest absolute Gasteiger partial charge is 0.382 e. The predicted octanol–water partition coefficient (Wildman–Crippen LogP) is 6.48. The normalized spacial score (nSPS) is 13.3. The first-order valence-corrected chi connectivity index (χ1v) is 15.0. The minimum atomic E-state index is -2.04. The molecular formula is C31H24Cl2N4O4S. The monoisotopic (exact) mass is 618 g/mol. The fraction of sp³-hybridized carbons (Fsp3) is 0.0968. The van der Waals surface area contributed by atoms with Crippen molar-refractivity contribution in [2.75, 3.05) is 6.26 Å². The standard InChI is InChI=1S/C25H20Cl2N4O4S.C6H4/c1-25(24(33)34,36(2)35)29-23(32)22-28-21(30-31(22)18-12-13-19(26)20(27)14-18)17-10-8-16(9-11-17)15-6-4-3-5-7-15;1-2-5-4-6(5)3-1/h3-14H,1-2H3,(H,29,32)(H,33,34);1-4H/t25?,36-;/m1./s1. The molecule has 212 valence electrons. The van der Waals surface area contributed by atoms with Crippen LogP contribution in [0.1, 0.15) is 17.5 Å².